The first-order valence-corrected chi connectivity index (χ1v) is 6.84. The molecule has 1 aromatic rings. The smallest absolute Gasteiger partial charge is 0.223 e. The Morgan fingerprint density at radius 3 is 3.00 bits per heavy atom. The van der Waals surface area contributed by atoms with Crippen LogP contribution in [-0.2, 0) is 9.53 Å². The largest absolute Gasteiger partial charge is 0.375 e. The molecule has 4 nitrogen and oxygen atoms in total. The second-order valence-corrected chi connectivity index (χ2v) is 5.05. The van der Waals surface area contributed by atoms with Crippen LogP contribution in [0.5, 0.6) is 0 Å². The fraction of sp³-hybridized carbons (Fsp3) is 0.533. The molecule has 0 saturated carbocycles. The van der Waals surface area contributed by atoms with Crippen LogP contribution in [0.2, 0.25) is 0 Å². The predicted octanol–water partition coefficient (Wildman–Crippen LogP) is 1.55. The Bertz CT molecular complexity index is 428. The highest BCUT2D eigenvalue weighted by atomic mass is 16.5. The zero-order chi connectivity index (χ0) is 13.7. The summed E-state index contributed by atoms with van der Waals surface area (Å²) in [5, 5.41) is 6.27. The Labute approximate surface area is 114 Å². The van der Waals surface area contributed by atoms with Gasteiger partial charge in [0.05, 0.1) is 25.2 Å². The van der Waals surface area contributed by atoms with Gasteiger partial charge in [0.1, 0.15) is 0 Å². The van der Waals surface area contributed by atoms with Gasteiger partial charge in [0, 0.05) is 13.1 Å². The predicted molar refractivity (Wildman–Crippen MR) is 75.0 cm³/mol. The molecule has 4 heteroatoms. The van der Waals surface area contributed by atoms with E-state index in [4.69, 9.17) is 4.74 Å². The molecule has 2 unspecified atom stereocenters. The Hall–Kier alpha value is -1.39. The average Bonchev–Trinajstić information content (AvgIpc) is 2.40. The van der Waals surface area contributed by atoms with Crippen molar-refractivity contribution in [1.82, 2.24) is 10.6 Å². The maximum absolute atomic E-state index is 12.0. The number of morpholine rings is 1. The molecule has 0 radical (unpaired) electrons. The summed E-state index contributed by atoms with van der Waals surface area (Å²) in [7, 11) is 0. The number of hydrogen-bond donors (Lipinski definition) is 2. The quantitative estimate of drug-likeness (QED) is 0.865. The summed E-state index contributed by atoms with van der Waals surface area (Å²) in [5.74, 6) is 0.0458. The average molecular weight is 262 g/mol. The van der Waals surface area contributed by atoms with Gasteiger partial charge in [0.2, 0.25) is 5.91 Å². The maximum Gasteiger partial charge on any atom is 0.223 e. The number of rotatable bonds is 4. The van der Waals surface area contributed by atoms with Crippen molar-refractivity contribution in [2.24, 2.45) is 0 Å². The molecule has 104 valence electrons. The number of ether oxygens (including phenoxy) is 1. The van der Waals surface area contributed by atoms with Crippen molar-refractivity contribution >= 4 is 5.91 Å². The molecule has 2 atom stereocenters. The first-order chi connectivity index (χ1) is 9.16. The van der Waals surface area contributed by atoms with Crippen molar-refractivity contribution < 1.29 is 9.53 Å². The summed E-state index contributed by atoms with van der Waals surface area (Å²) in [4.78, 5) is 12.0. The van der Waals surface area contributed by atoms with E-state index in [1.165, 1.54) is 11.1 Å². The lowest BCUT2D eigenvalue weighted by Crippen LogP contribution is -2.41. The summed E-state index contributed by atoms with van der Waals surface area (Å²) in [5.41, 5.74) is 2.37. The van der Waals surface area contributed by atoms with Crippen molar-refractivity contribution in [3.8, 4) is 0 Å². The van der Waals surface area contributed by atoms with Crippen LogP contribution in [-0.4, -0.2) is 31.7 Å². The fourth-order valence-electron chi connectivity index (χ4n) is 2.41. The number of hydrogen-bond acceptors (Lipinski definition) is 3. The standard InChI is InChI=1S/C15H22N2O2/c1-11-5-3-4-6-14(11)12(2)17-15(18)9-13-10-16-7-8-19-13/h3-6,12-13,16H,7-10H2,1-2H3,(H,17,18). The molecule has 1 amide bonds. The molecule has 0 aliphatic carbocycles. The minimum atomic E-state index is -0.00202. The number of carbonyl (C=O) groups excluding carboxylic acids is 1. The lowest BCUT2D eigenvalue weighted by molar-refractivity contribution is -0.125. The second kappa shape index (κ2) is 6.68. The van der Waals surface area contributed by atoms with E-state index in [9.17, 15) is 4.79 Å². The SMILES string of the molecule is Cc1ccccc1C(C)NC(=O)CC1CNCCO1. The Morgan fingerprint density at radius 2 is 2.32 bits per heavy atom. The third kappa shape index (κ3) is 4.04. The van der Waals surface area contributed by atoms with E-state index < -0.39 is 0 Å². The van der Waals surface area contributed by atoms with E-state index >= 15 is 0 Å². The van der Waals surface area contributed by atoms with Gasteiger partial charge < -0.3 is 15.4 Å². The molecule has 2 N–H and O–H groups in total. The van der Waals surface area contributed by atoms with Gasteiger partial charge in [0.15, 0.2) is 0 Å². The van der Waals surface area contributed by atoms with Gasteiger partial charge in [-0.05, 0) is 25.0 Å². The lowest BCUT2D eigenvalue weighted by Gasteiger charge is -2.24. The summed E-state index contributed by atoms with van der Waals surface area (Å²) >= 11 is 0. The molecule has 1 aromatic carbocycles. The van der Waals surface area contributed by atoms with Crippen molar-refractivity contribution in [2.45, 2.75) is 32.4 Å². The number of aryl methyl sites for hydroxylation is 1. The van der Waals surface area contributed by atoms with Gasteiger partial charge in [-0.25, -0.2) is 0 Å². The van der Waals surface area contributed by atoms with Crippen LogP contribution in [0.25, 0.3) is 0 Å². The molecule has 1 aliphatic rings. The number of carbonyl (C=O) groups is 1. The van der Waals surface area contributed by atoms with Gasteiger partial charge >= 0.3 is 0 Å². The highest BCUT2D eigenvalue weighted by Crippen LogP contribution is 2.16. The molecule has 1 aliphatic heterocycles. The van der Waals surface area contributed by atoms with Gasteiger partial charge in [-0.2, -0.15) is 0 Å². The van der Waals surface area contributed by atoms with E-state index in [1.807, 2.05) is 19.1 Å². The number of amides is 1. The van der Waals surface area contributed by atoms with Crippen LogP contribution in [0.1, 0.15) is 30.5 Å². The summed E-state index contributed by atoms with van der Waals surface area (Å²) < 4.78 is 5.54. The second-order valence-electron chi connectivity index (χ2n) is 5.05. The number of nitrogens with one attached hydrogen (secondary N) is 2. The van der Waals surface area contributed by atoms with Crippen LogP contribution in [0.4, 0.5) is 0 Å². The topological polar surface area (TPSA) is 50.4 Å². The van der Waals surface area contributed by atoms with Crippen LogP contribution in [0.15, 0.2) is 24.3 Å². The molecule has 0 spiro atoms. The van der Waals surface area contributed by atoms with E-state index in [0.717, 1.165) is 13.1 Å². The van der Waals surface area contributed by atoms with Crippen LogP contribution in [0.3, 0.4) is 0 Å². The third-order valence-corrected chi connectivity index (χ3v) is 3.45. The summed E-state index contributed by atoms with van der Waals surface area (Å²) in [6.45, 7) is 6.39. The molecule has 2 rings (SSSR count). The summed E-state index contributed by atoms with van der Waals surface area (Å²) in [6.07, 6.45) is 0.418. The van der Waals surface area contributed by atoms with Gasteiger partial charge in [-0.3, -0.25) is 4.79 Å². The van der Waals surface area contributed by atoms with E-state index in [0.29, 0.717) is 13.0 Å². The van der Waals surface area contributed by atoms with Crippen LogP contribution < -0.4 is 10.6 Å². The Balaban J connectivity index is 1.86. The molecule has 19 heavy (non-hydrogen) atoms. The van der Waals surface area contributed by atoms with Crippen molar-refractivity contribution in [3.05, 3.63) is 35.4 Å². The molecule has 0 aromatic heterocycles. The van der Waals surface area contributed by atoms with Gasteiger partial charge in [-0.1, -0.05) is 24.3 Å². The molecular weight excluding hydrogens is 240 g/mol. The zero-order valence-electron chi connectivity index (χ0n) is 11.6. The minimum Gasteiger partial charge on any atom is -0.375 e. The summed E-state index contributed by atoms with van der Waals surface area (Å²) in [6, 6.07) is 8.16. The first-order valence-electron chi connectivity index (χ1n) is 6.84. The third-order valence-electron chi connectivity index (χ3n) is 3.45. The van der Waals surface area contributed by atoms with Crippen molar-refractivity contribution in [3.63, 3.8) is 0 Å². The first kappa shape index (κ1) is 14.0. The van der Waals surface area contributed by atoms with E-state index in [-0.39, 0.29) is 18.1 Å². The normalized spacial score (nSPS) is 20.8. The van der Waals surface area contributed by atoms with Gasteiger partial charge in [-0.15, -0.1) is 0 Å². The van der Waals surface area contributed by atoms with Crippen molar-refractivity contribution in [1.29, 1.82) is 0 Å². The lowest BCUT2D eigenvalue weighted by atomic mass is 10.0. The highest BCUT2D eigenvalue weighted by molar-refractivity contribution is 5.77. The number of benzene rings is 1. The molecule has 1 saturated heterocycles. The van der Waals surface area contributed by atoms with Gasteiger partial charge in [0.25, 0.3) is 0 Å². The highest BCUT2D eigenvalue weighted by Gasteiger charge is 2.19. The fourth-order valence-corrected chi connectivity index (χ4v) is 2.41. The Morgan fingerprint density at radius 1 is 1.53 bits per heavy atom. The van der Waals surface area contributed by atoms with E-state index in [2.05, 4.69) is 29.7 Å². The van der Waals surface area contributed by atoms with Crippen LogP contribution in [0, 0.1) is 6.92 Å². The molecule has 0 bridgehead atoms. The zero-order valence-corrected chi connectivity index (χ0v) is 11.6. The van der Waals surface area contributed by atoms with Crippen LogP contribution >= 0.6 is 0 Å². The Kier molecular flexibility index (Phi) is 4.93. The van der Waals surface area contributed by atoms with E-state index in [1.54, 1.807) is 0 Å². The molecule has 1 heterocycles. The van der Waals surface area contributed by atoms with Crippen molar-refractivity contribution in [2.75, 3.05) is 19.7 Å². The monoisotopic (exact) mass is 262 g/mol. The molecule has 1 fully saturated rings. The minimum absolute atomic E-state index is 0.00202. The molecular formula is C15H22N2O2. The maximum atomic E-state index is 12.0.